The monoisotopic (exact) mass is 368 g/mol. The Hall–Kier alpha value is -2.79. The van der Waals surface area contributed by atoms with E-state index >= 15 is 0 Å². The second kappa shape index (κ2) is 9.78. The zero-order valence-corrected chi connectivity index (χ0v) is 15.4. The molecule has 2 aromatic carbocycles. The molecule has 1 unspecified atom stereocenters. The molecular weight excluding hydrogens is 344 g/mol. The zero-order chi connectivity index (χ0) is 18.9. The Kier molecular flexibility index (Phi) is 6.88. The highest BCUT2D eigenvalue weighted by atomic mass is 16.8. The van der Waals surface area contributed by atoms with Crippen LogP contribution in [0.5, 0.6) is 5.75 Å². The Morgan fingerprint density at radius 1 is 1.04 bits per heavy atom. The summed E-state index contributed by atoms with van der Waals surface area (Å²) < 4.78 is 21.4. The Morgan fingerprint density at radius 2 is 1.81 bits per heavy atom. The number of benzene rings is 2. The van der Waals surface area contributed by atoms with E-state index in [-0.39, 0.29) is 12.2 Å². The summed E-state index contributed by atoms with van der Waals surface area (Å²) in [6.45, 7) is 1.14. The molecule has 1 aliphatic heterocycles. The summed E-state index contributed by atoms with van der Waals surface area (Å²) in [6, 6.07) is 17.7. The van der Waals surface area contributed by atoms with Crippen molar-refractivity contribution in [3.8, 4) is 5.75 Å². The van der Waals surface area contributed by atoms with Gasteiger partial charge in [0, 0.05) is 6.61 Å². The highest BCUT2D eigenvalue weighted by Crippen LogP contribution is 2.22. The molecule has 0 aliphatic carbocycles. The maximum atomic E-state index is 11.5. The molecule has 0 N–H and O–H groups in total. The molecule has 1 aliphatic rings. The Labute approximate surface area is 159 Å². The second-order valence-corrected chi connectivity index (χ2v) is 6.30. The number of hydrogen-bond acceptors (Lipinski definition) is 5. The fourth-order valence-corrected chi connectivity index (χ4v) is 2.86. The lowest BCUT2D eigenvalue weighted by Crippen LogP contribution is -2.20. The molecule has 2 atom stereocenters. The molecule has 1 fully saturated rings. The predicted molar refractivity (Wildman–Crippen MR) is 103 cm³/mol. The van der Waals surface area contributed by atoms with Crippen LogP contribution in [-0.4, -0.2) is 32.1 Å². The first kappa shape index (κ1) is 19.0. The van der Waals surface area contributed by atoms with Crippen molar-refractivity contribution in [2.45, 2.75) is 31.7 Å². The first-order valence-corrected chi connectivity index (χ1v) is 9.06. The van der Waals surface area contributed by atoms with E-state index in [0.717, 1.165) is 23.3 Å². The molecule has 0 amide bonds. The zero-order valence-electron chi connectivity index (χ0n) is 15.4. The topological polar surface area (TPSA) is 54.0 Å². The van der Waals surface area contributed by atoms with E-state index in [2.05, 4.69) is 0 Å². The van der Waals surface area contributed by atoms with Gasteiger partial charge in [-0.2, -0.15) is 0 Å². The van der Waals surface area contributed by atoms with Crippen molar-refractivity contribution in [1.29, 1.82) is 0 Å². The van der Waals surface area contributed by atoms with Gasteiger partial charge in [-0.15, -0.1) is 0 Å². The van der Waals surface area contributed by atoms with Gasteiger partial charge in [-0.25, -0.2) is 4.79 Å². The van der Waals surface area contributed by atoms with Crippen molar-refractivity contribution < 1.29 is 23.7 Å². The summed E-state index contributed by atoms with van der Waals surface area (Å²) in [7, 11) is 1.65. The smallest absolute Gasteiger partial charge is 0.497 e. The number of carbonyl (C=O) groups is 1. The maximum absolute atomic E-state index is 11.5. The number of cyclic esters (lactones) is 2. The van der Waals surface area contributed by atoms with Gasteiger partial charge in [0.1, 0.15) is 11.9 Å². The van der Waals surface area contributed by atoms with Gasteiger partial charge in [0.2, 0.25) is 0 Å². The lowest BCUT2D eigenvalue weighted by molar-refractivity contribution is 0.0937. The first-order chi connectivity index (χ1) is 13.2. The molecule has 5 heteroatoms. The van der Waals surface area contributed by atoms with Crippen LogP contribution in [0.4, 0.5) is 4.79 Å². The maximum Gasteiger partial charge on any atom is 0.509 e. The van der Waals surface area contributed by atoms with Gasteiger partial charge < -0.3 is 18.9 Å². The Balaban J connectivity index is 1.40. The summed E-state index contributed by atoms with van der Waals surface area (Å²) in [5, 5.41) is 0. The third kappa shape index (κ3) is 5.86. The van der Waals surface area contributed by atoms with Crippen molar-refractivity contribution in [3.63, 3.8) is 0 Å². The molecule has 1 saturated heterocycles. The molecule has 1 heterocycles. The van der Waals surface area contributed by atoms with E-state index < -0.39 is 6.16 Å². The van der Waals surface area contributed by atoms with Crippen LogP contribution < -0.4 is 4.74 Å². The fourth-order valence-electron chi connectivity index (χ4n) is 2.86. The third-order valence-electron chi connectivity index (χ3n) is 4.33. The van der Waals surface area contributed by atoms with Crippen LogP contribution >= 0.6 is 0 Å². The van der Waals surface area contributed by atoms with Crippen LogP contribution in [0.15, 0.2) is 60.7 Å². The lowest BCUT2D eigenvalue weighted by atomic mass is 10.1. The van der Waals surface area contributed by atoms with Crippen LogP contribution in [0.3, 0.4) is 0 Å². The predicted octanol–water partition coefficient (Wildman–Crippen LogP) is 4.61. The van der Waals surface area contributed by atoms with E-state index in [1.165, 1.54) is 0 Å². The highest BCUT2D eigenvalue weighted by Gasteiger charge is 2.34. The SMILES string of the molecule is COc1ccc(COCCC[C@H]2OC(=O)OC2/C=C/c2ccccc2)cc1. The second-order valence-electron chi connectivity index (χ2n) is 6.30. The summed E-state index contributed by atoms with van der Waals surface area (Å²) in [4.78, 5) is 11.5. The number of methoxy groups -OCH3 is 1. The molecule has 5 nitrogen and oxygen atoms in total. The van der Waals surface area contributed by atoms with Gasteiger partial charge >= 0.3 is 6.16 Å². The molecule has 3 rings (SSSR count). The minimum atomic E-state index is -0.609. The molecule has 0 saturated carbocycles. The summed E-state index contributed by atoms with van der Waals surface area (Å²) >= 11 is 0. The Bertz CT molecular complexity index is 739. The van der Waals surface area contributed by atoms with Crippen LogP contribution in [0, 0.1) is 0 Å². The van der Waals surface area contributed by atoms with Gasteiger partial charge in [-0.3, -0.25) is 0 Å². The average molecular weight is 368 g/mol. The van der Waals surface area contributed by atoms with E-state index in [4.69, 9.17) is 18.9 Å². The lowest BCUT2D eigenvalue weighted by Gasteiger charge is -2.12. The van der Waals surface area contributed by atoms with Crippen LogP contribution in [0.1, 0.15) is 24.0 Å². The van der Waals surface area contributed by atoms with Crippen molar-refractivity contribution in [3.05, 3.63) is 71.8 Å². The van der Waals surface area contributed by atoms with Crippen molar-refractivity contribution in [2.75, 3.05) is 13.7 Å². The molecule has 142 valence electrons. The number of hydrogen-bond donors (Lipinski definition) is 0. The van der Waals surface area contributed by atoms with Crippen LogP contribution in [0.2, 0.25) is 0 Å². The molecular formula is C22H24O5. The number of rotatable bonds is 9. The van der Waals surface area contributed by atoms with Gasteiger partial charge in [-0.1, -0.05) is 48.5 Å². The van der Waals surface area contributed by atoms with Crippen molar-refractivity contribution >= 4 is 12.2 Å². The van der Waals surface area contributed by atoms with E-state index in [1.54, 1.807) is 7.11 Å². The van der Waals surface area contributed by atoms with Gasteiger partial charge in [0.25, 0.3) is 0 Å². The summed E-state index contributed by atoms with van der Waals surface area (Å²) in [5.74, 6) is 0.830. The number of carbonyl (C=O) groups excluding carboxylic acids is 1. The Morgan fingerprint density at radius 3 is 2.56 bits per heavy atom. The standard InChI is InChI=1S/C22H24O5/c1-24-19-12-9-18(10-13-19)16-25-15-5-8-20-21(27-22(23)26-20)14-11-17-6-3-2-4-7-17/h2-4,6-7,9-14,20-21H,5,8,15-16H2,1H3/b14-11+/t20-,21?/m1/s1. The average Bonchev–Trinajstić information content (AvgIpc) is 3.07. The third-order valence-corrected chi connectivity index (χ3v) is 4.33. The van der Waals surface area contributed by atoms with Crippen molar-refractivity contribution in [1.82, 2.24) is 0 Å². The van der Waals surface area contributed by atoms with Crippen LogP contribution in [-0.2, 0) is 20.8 Å². The molecule has 0 spiro atoms. The van der Waals surface area contributed by atoms with E-state index in [9.17, 15) is 4.79 Å². The normalized spacial score (nSPS) is 19.1. The fraction of sp³-hybridized carbons (Fsp3) is 0.318. The minimum absolute atomic E-state index is 0.276. The molecule has 0 radical (unpaired) electrons. The molecule has 27 heavy (non-hydrogen) atoms. The molecule has 0 aromatic heterocycles. The van der Waals surface area contributed by atoms with E-state index in [0.29, 0.717) is 19.6 Å². The first-order valence-electron chi connectivity index (χ1n) is 9.06. The van der Waals surface area contributed by atoms with Crippen molar-refractivity contribution in [2.24, 2.45) is 0 Å². The van der Waals surface area contributed by atoms with Gasteiger partial charge in [0.15, 0.2) is 6.10 Å². The van der Waals surface area contributed by atoms with Crippen LogP contribution in [0.25, 0.3) is 6.08 Å². The summed E-state index contributed by atoms with van der Waals surface area (Å²) in [5.41, 5.74) is 2.15. The quantitative estimate of drug-likeness (QED) is 0.478. The summed E-state index contributed by atoms with van der Waals surface area (Å²) in [6.07, 6.45) is 4.05. The highest BCUT2D eigenvalue weighted by molar-refractivity contribution is 5.63. The molecule has 0 bridgehead atoms. The largest absolute Gasteiger partial charge is 0.509 e. The van der Waals surface area contributed by atoms with E-state index in [1.807, 2.05) is 66.7 Å². The van der Waals surface area contributed by atoms with Gasteiger partial charge in [-0.05, 0) is 42.2 Å². The molecule has 2 aromatic rings. The minimum Gasteiger partial charge on any atom is -0.497 e. The van der Waals surface area contributed by atoms with Gasteiger partial charge in [0.05, 0.1) is 13.7 Å². The number of ether oxygens (including phenoxy) is 4.